The Morgan fingerprint density at radius 3 is 2.14 bits per heavy atom. The highest BCUT2D eigenvalue weighted by Crippen LogP contribution is 2.28. The molecular formula is C12H23NS. The smallest absolute Gasteiger partial charge is 0.0494 e. The van der Waals surface area contributed by atoms with E-state index in [1.807, 2.05) is 32.9 Å². The van der Waals surface area contributed by atoms with E-state index in [2.05, 4.69) is 26.5 Å². The minimum Gasteiger partial charge on any atom is -0.277 e. The molecule has 0 spiro atoms. The molecule has 0 aromatic carbocycles. The van der Waals surface area contributed by atoms with Crippen molar-refractivity contribution >= 4 is 11.9 Å². The molecule has 0 atom stereocenters. The van der Waals surface area contributed by atoms with Gasteiger partial charge in [0.05, 0.1) is 0 Å². The molecule has 0 unspecified atom stereocenters. The Labute approximate surface area is 93.3 Å². The maximum atomic E-state index is 5.58. The van der Waals surface area contributed by atoms with Crippen LogP contribution in [0, 0.1) is 0 Å². The summed E-state index contributed by atoms with van der Waals surface area (Å²) in [5.41, 5.74) is 1.19. The molecule has 0 radical (unpaired) electrons. The van der Waals surface area contributed by atoms with Crippen LogP contribution in [0.25, 0.3) is 0 Å². The van der Waals surface area contributed by atoms with Crippen molar-refractivity contribution in [3.05, 3.63) is 36.5 Å². The zero-order valence-corrected chi connectivity index (χ0v) is 10.8. The van der Waals surface area contributed by atoms with Crippen molar-refractivity contribution < 1.29 is 0 Å². The molecule has 0 amide bonds. The van der Waals surface area contributed by atoms with Crippen LogP contribution >= 0.6 is 11.9 Å². The Hall–Kier alpha value is -0.470. The van der Waals surface area contributed by atoms with Crippen molar-refractivity contribution in [2.75, 3.05) is 0 Å². The van der Waals surface area contributed by atoms with Gasteiger partial charge in [-0.2, -0.15) is 0 Å². The SMILES string of the molecule is C=C/C=C(\C=C/C)C(C)(C)SN.CC. The molecule has 14 heavy (non-hydrogen) atoms. The number of rotatable bonds is 4. The summed E-state index contributed by atoms with van der Waals surface area (Å²) in [5, 5.41) is 5.58. The van der Waals surface area contributed by atoms with Crippen LogP contribution in [0.3, 0.4) is 0 Å². The first-order valence-electron chi connectivity index (χ1n) is 4.92. The minimum atomic E-state index is -0.0410. The van der Waals surface area contributed by atoms with E-state index in [-0.39, 0.29) is 4.75 Å². The van der Waals surface area contributed by atoms with Gasteiger partial charge in [-0.15, -0.1) is 0 Å². The van der Waals surface area contributed by atoms with Gasteiger partial charge in [-0.3, -0.25) is 5.14 Å². The predicted octanol–water partition coefficient (Wildman–Crippen LogP) is 4.09. The van der Waals surface area contributed by atoms with Crippen molar-refractivity contribution in [2.45, 2.75) is 39.4 Å². The summed E-state index contributed by atoms with van der Waals surface area (Å²) in [5.74, 6) is 0. The zero-order valence-electron chi connectivity index (χ0n) is 10.0. The van der Waals surface area contributed by atoms with Crippen LogP contribution in [0.1, 0.15) is 34.6 Å². The van der Waals surface area contributed by atoms with Gasteiger partial charge in [0, 0.05) is 4.75 Å². The maximum absolute atomic E-state index is 5.58. The van der Waals surface area contributed by atoms with E-state index in [1.165, 1.54) is 17.5 Å². The van der Waals surface area contributed by atoms with Crippen LogP contribution in [0.15, 0.2) is 36.5 Å². The van der Waals surface area contributed by atoms with Crippen LogP contribution in [0.2, 0.25) is 0 Å². The molecule has 0 aliphatic carbocycles. The fraction of sp³-hybridized carbons (Fsp3) is 0.500. The maximum Gasteiger partial charge on any atom is 0.0494 e. The molecule has 0 aromatic heterocycles. The fourth-order valence-corrected chi connectivity index (χ4v) is 1.10. The molecule has 1 nitrogen and oxygen atoms in total. The van der Waals surface area contributed by atoms with Crippen LogP contribution in [-0.4, -0.2) is 4.75 Å². The number of hydrogen-bond donors (Lipinski definition) is 1. The molecule has 0 rings (SSSR count). The third-order valence-electron chi connectivity index (χ3n) is 1.63. The summed E-state index contributed by atoms with van der Waals surface area (Å²) in [6.07, 6.45) is 7.84. The topological polar surface area (TPSA) is 26.0 Å². The van der Waals surface area contributed by atoms with Crippen molar-refractivity contribution in [2.24, 2.45) is 5.14 Å². The van der Waals surface area contributed by atoms with Gasteiger partial charge in [0.1, 0.15) is 0 Å². The highest BCUT2D eigenvalue weighted by molar-refractivity contribution is 7.98. The molecule has 0 fully saturated rings. The number of hydrogen-bond acceptors (Lipinski definition) is 2. The Balaban J connectivity index is 0. The van der Waals surface area contributed by atoms with E-state index < -0.39 is 0 Å². The van der Waals surface area contributed by atoms with Gasteiger partial charge >= 0.3 is 0 Å². The lowest BCUT2D eigenvalue weighted by Crippen LogP contribution is -2.19. The highest BCUT2D eigenvalue weighted by atomic mass is 32.2. The summed E-state index contributed by atoms with van der Waals surface area (Å²) < 4.78 is -0.0410. The minimum absolute atomic E-state index is 0.0410. The lowest BCUT2D eigenvalue weighted by Gasteiger charge is -2.22. The van der Waals surface area contributed by atoms with E-state index >= 15 is 0 Å². The highest BCUT2D eigenvalue weighted by Gasteiger charge is 2.19. The second-order valence-electron chi connectivity index (χ2n) is 2.99. The Morgan fingerprint density at radius 2 is 1.86 bits per heavy atom. The molecule has 0 aromatic rings. The summed E-state index contributed by atoms with van der Waals surface area (Å²) in [4.78, 5) is 0. The van der Waals surface area contributed by atoms with Gasteiger partial charge in [-0.05, 0) is 26.3 Å². The molecule has 0 heterocycles. The average molecular weight is 213 g/mol. The van der Waals surface area contributed by atoms with Crippen molar-refractivity contribution in [3.8, 4) is 0 Å². The summed E-state index contributed by atoms with van der Waals surface area (Å²) in [7, 11) is 0. The Bertz CT molecular complexity index is 202. The Kier molecular flexibility index (Phi) is 10.4. The van der Waals surface area contributed by atoms with Crippen molar-refractivity contribution in [3.63, 3.8) is 0 Å². The monoisotopic (exact) mass is 213 g/mol. The lowest BCUT2D eigenvalue weighted by atomic mass is 10.0. The summed E-state index contributed by atoms with van der Waals surface area (Å²) >= 11 is 1.35. The van der Waals surface area contributed by atoms with Gasteiger partial charge in [0.15, 0.2) is 0 Å². The standard InChI is InChI=1S/C10H17NS.C2H6/c1-5-7-9(8-6-2)10(3,4)12-11;1-2/h5-8H,1,11H2,2-4H3;1-2H3/b8-6-,9-7+;. The molecule has 2 N–H and O–H groups in total. The van der Waals surface area contributed by atoms with E-state index in [1.54, 1.807) is 6.08 Å². The van der Waals surface area contributed by atoms with E-state index in [0.717, 1.165) is 0 Å². The Morgan fingerprint density at radius 1 is 1.36 bits per heavy atom. The number of nitrogens with two attached hydrogens (primary N) is 1. The van der Waals surface area contributed by atoms with Gasteiger partial charge in [0.2, 0.25) is 0 Å². The van der Waals surface area contributed by atoms with Gasteiger partial charge in [0.25, 0.3) is 0 Å². The molecule has 0 bridgehead atoms. The number of allylic oxidation sites excluding steroid dienone is 4. The fourth-order valence-electron chi connectivity index (χ4n) is 0.831. The zero-order chi connectivity index (χ0) is 11.6. The molecule has 0 aliphatic rings. The van der Waals surface area contributed by atoms with Gasteiger partial charge < -0.3 is 0 Å². The second-order valence-corrected chi connectivity index (χ2v) is 4.24. The molecule has 82 valence electrons. The third-order valence-corrected chi connectivity index (χ3v) is 2.46. The van der Waals surface area contributed by atoms with Crippen molar-refractivity contribution in [1.82, 2.24) is 0 Å². The first-order chi connectivity index (χ1) is 6.58. The van der Waals surface area contributed by atoms with E-state index in [0.29, 0.717) is 0 Å². The third kappa shape index (κ3) is 6.06. The van der Waals surface area contributed by atoms with Crippen LogP contribution in [0.4, 0.5) is 0 Å². The van der Waals surface area contributed by atoms with Gasteiger partial charge in [-0.25, -0.2) is 0 Å². The average Bonchev–Trinajstić information content (AvgIpc) is 2.20. The quantitative estimate of drug-likeness (QED) is 0.562. The first-order valence-corrected chi connectivity index (χ1v) is 5.80. The van der Waals surface area contributed by atoms with Crippen molar-refractivity contribution in [1.29, 1.82) is 0 Å². The van der Waals surface area contributed by atoms with E-state index in [4.69, 9.17) is 5.14 Å². The lowest BCUT2D eigenvalue weighted by molar-refractivity contribution is 0.857. The van der Waals surface area contributed by atoms with Crippen LogP contribution < -0.4 is 5.14 Å². The van der Waals surface area contributed by atoms with Gasteiger partial charge in [-0.1, -0.05) is 56.7 Å². The molecule has 0 saturated carbocycles. The molecule has 2 heteroatoms. The molecular weight excluding hydrogens is 190 g/mol. The first kappa shape index (κ1) is 16.0. The molecule has 0 aliphatic heterocycles. The van der Waals surface area contributed by atoms with Crippen LogP contribution in [-0.2, 0) is 0 Å². The normalized spacial score (nSPS) is 12.3. The summed E-state index contributed by atoms with van der Waals surface area (Å²) in [6.45, 7) is 13.8. The van der Waals surface area contributed by atoms with E-state index in [9.17, 15) is 0 Å². The summed E-state index contributed by atoms with van der Waals surface area (Å²) in [6, 6.07) is 0. The predicted molar refractivity (Wildman–Crippen MR) is 70.3 cm³/mol. The second kappa shape index (κ2) is 9.10. The van der Waals surface area contributed by atoms with Crippen LogP contribution in [0.5, 0.6) is 0 Å². The largest absolute Gasteiger partial charge is 0.277 e. The molecule has 0 saturated heterocycles.